The van der Waals surface area contributed by atoms with Crippen molar-refractivity contribution < 1.29 is 0 Å². The summed E-state index contributed by atoms with van der Waals surface area (Å²) >= 11 is 6.73. The Bertz CT molecular complexity index is 1660. The lowest BCUT2D eigenvalue weighted by atomic mass is 9.96. The highest BCUT2D eigenvalue weighted by atomic mass is 35.5. The van der Waals surface area contributed by atoms with Crippen LogP contribution in [0.1, 0.15) is 40.8 Å². The number of halogens is 1. The van der Waals surface area contributed by atoms with Gasteiger partial charge in [0.15, 0.2) is 5.65 Å². The monoisotopic (exact) mass is 519 g/mol. The molecule has 0 saturated carbocycles. The molecule has 0 radical (unpaired) electrons. The van der Waals surface area contributed by atoms with Crippen LogP contribution in [0.15, 0.2) is 78.9 Å². The van der Waals surface area contributed by atoms with E-state index < -0.39 is 0 Å². The van der Waals surface area contributed by atoms with E-state index in [2.05, 4.69) is 82.6 Å². The number of rotatable bonds is 5. The van der Waals surface area contributed by atoms with Crippen molar-refractivity contribution in [3.63, 3.8) is 0 Å². The summed E-state index contributed by atoms with van der Waals surface area (Å²) in [4.78, 5) is 9.92. The second-order valence-electron chi connectivity index (χ2n) is 9.88. The molecule has 38 heavy (non-hydrogen) atoms. The van der Waals surface area contributed by atoms with Gasteiger partial charge in [-0.15, -0.1) is 0 Å². The number of hydrogen-bond acceptors (Lipinski definition) is 4. The molecule has 0 bridgehead atoms. The first-order valence-corrected chi connectivity index (χ1v) is 13.6. The number of nitrogens with zero attached hydrogens (tertiary/aromatic N) is 5. The third-order valence-electron chi connectivity index (χ3n) is 7.85. The van der Waals surface area contributed by atoms with Crippen molar-refractivity contribution in [2.45, 2.75) is 26.3 Å². The number of pyridine rings is 1. The summed E-state index contributed by atoms with van der Waals surface area (Å²) in [5, 5.41) is 10.9. The average Bonchev–Trinajstić information content (AvgIpc) is 3.33. The van der Waals surface area contributed by atoms with E-state index in [4.69, 9.17) is 16.6 Å². The lowest BCUT2D eigenvalue weighted by molar-refractivity contribution is 0.212. The van der Waals surface area contributed by atoms with Gasteiger partial charge in [-0.3, -0.25) is 9.30 Å². The van der Waals surface area contributed by atoms with Gasteiger partial charge in [0.25, 0.3) is 0 Å². The van der Waals surface area contributed by atoms with Crippen molar-refractivity contribution in [1.29, 1.82) is 5.26 Å². The van der Waals surface area contributed by atoms with Crippen LogP contribution in [0.5, 0.6) is 0 Å². The number of imidazole rings is 1. The van der Waals surface area contributed by atoms with Crippen molar-refractivity contribution >= 4 is 34.1 Å². The normalized spacial score (nSPS) is 15.2. The molecule has 1 atom stereocenters. The Morgan fingerprint density at radius 2 is 1.61 bits per heavy atom. The molecule has 1 fully saturated rings. The fourth-order valence-corrected chi connectivity index (χ4v) is 6.27. The number of benzene rings is 3. The molecular weight excluding hydrogens is 490 g/mol. The van der Waals surface area contributed by atoms with Crippen LogP contribution in [0.25, 0.3) is 16.7 Å². The molecule has 1 aliphatic rings. The molecule has 1 aliphatic heterocycles. The molecule has 0 aliphatic carbocycles. The summed E-state index contributed by atoms with van der Waals surface area (Å²) in [7, 11) is 0. The van der Waals surface area contributed by atoms with Crippen LogP contribution in [-0.4, -0.2) is 40.5 Å². The Morgan fingerprint density at radius 3 is 2.32 bits per heavy atom. The van der Waals surface area contributed by atoms with Crippen molar-refractivity contribution in [2.24, 2.45) is 0 Å². The van der Waals surface area contributed by atoms with E-state index in [-0.39, 0.29) is 6.04 Å². The Balaban J connectivity index is 1.42. The van der Waals surface area contributed by atoms with Crippen LogP contribution in [0, 0.1) is 18.3 Å². The number of hydrogen-bond donors (Lipinski definition) is 0. The molecule has 0 unspecified atom stereocenters. The van der Waals surface area contributed by atoms with E-state index >= 15 is 0 Å². The lowest BCUT2D eigenvalue weighted by Crippen LogP contribution is -2.48. The van der Waals surface area contributed by atoms with E-state index in [0.29, 0.717) is 5.56 Å². The predicted molar refractivity (Wildman–Crippen MR) is 155 cm³/mol. The zero-order valence-corrected chi connectivity index (χ0v) is 22.5. The van der Waals surface area contributed by atoms with Gasteiger partial charge in [0, 0.05) is 31.2 Å². The van der Waals surface area contributed by atoms with Crippen LogP contribution >= 0.6 is 11.6 Å². The third-order valence-corrected chi connectivity index (χ3v) is 8.20. The smallest absolute Gasteiger partial charge is 0.157 e. The van der Waals surface area contributed by atoms with Crippen LogP contribution < -0.4 is 4.90 Å². The van der Waals surface area contributed by atoms with Crippen molar-refractivity contribution in [2.75, 3.05) is 31.1 Å². The topological polar surface area (TPSA) is 47.6 Å². The number of para-hydroxylation sites is 2. The van der Waals surface area contributed by atoms with Crippen LogP contribution in [0.3, 0.4) is 0 Å². The van der Waals surface area contributed by atoms with Crippen LogP contribution in [0.2, 0.25) is 5.02 Å². The van der Waals surface area contributed by atoms with Crippen LogP contribution in [-0.2, 0) is 6.42 Å². The van der Waals surface area contributed by atoms with Gasteiger partial charge in [0.05, 0.1) is 22.6 Å². The number of piperazine rings is 1. The molecule has 0 amide bonds. The molecule has 2 aromatic heterocycles. The lowest BCUT2D eigenvalue weighted by Gasteiger charge is -2.41. The highest BCUT2D eigenvalue weighted by Gasteiger charge is 2.30. The molecule has 5 aromatic rings. The molecule has 0 spiro atoms. The first-order valence-electron chi connectivity index (χ1n) is 13.2. The summed E-state index contributed by atoms with van der Waals surface area (Å²) in [5.41, 5.74) is 8.02. The van der Waals surface area contributed by atoms with Gasteiger partial charge in [0.1, 0.15) is 11.9 Å². The van der Waals surface area contributed by atoms with E-state index in [0.717, 1.165) is 65.4 Å². The van der Waals surface area contributed by atoms with Gasteiger partial charge in [0.2, 0.25) is 0 Å². The van der Waals surface area contributed by atoms with Gasteiger partial charge in [-0.05, 0) is 53.8 Å². The molecule has 5 nitrogen and oxygen atoms in total. The predicted octanol–water partition coefficient (Wildman–Crippen LogP) is 6.80. The zero-order chi connectivity index (χ0) is 26.2. The first kappa shape index (κ1) is 24.5. The minimum absolute atomic E-state index is 0.0921. The Labute approximate surface area is 228 Å². The maximum Gasteiger partial charge on any atom is 0.157 e. The zero-order valence-electron chi connectivity index (χ0n) is 21.7. The van der Waals surface area contributed by atoms with Gasteiger partial charge in [-0.25, -0.2) is 4.98 Å². The fourth-order valence-electron chi connectivity index (χ4n) is 6.03. The summed E-state index contributed by atoms with van der Waals surface area (Å²) in [5.74, 6) is 1.17. The summed E-state index contributed by atoms with van der Waals surface area (Å²) in [6.07, 6.45) is 0.852. The summed E-state index contributed by atoms with van der Waals surface area (Å²) in [6.45, 7) is 7.76. The average molecular weight is 520 g/mol. The maximum atomic E-state index is 10.1. The molecule has 0 N–H and O–H groups in total. The Morgan fingerprint density at radius 1 is 0.921 bits per heavy atom. The molecule has 3 aromatic carbocycles. The fraction of sp³-hybridized carbons (Fsp3) is 0.250. The van der Waals surface area contributed by atoms with Crippen molar-refractivity contribution in [3.05, 3.63) is 112 Å². The van der Waals surface area contributed by atoms with Crippen LogP contribution in [0.4, 0.5) is 5.82 Å². The molecule has 6 rings (SSSR count). The number of fused-ring (bicyclic) bond motifs is 3. The Kier molecular flexibility index (Phi) is 6.53. The maximum absolute atomic E-state index is 10.1. The summed E-state index contributed by atoms with van der Waals surface area (Å²) in [6, 6.07) is 29.6. The van der Waals surface area contributed by atoms with Gasteiger partial charge in [-0.1, -0.05) is 79.2 Å². The summed E-state index contributed by atoms with van der Waals surface area (Å²) < 4.78 is 2.22. The molecule has 190 valence electrons. The number of aromatic nitrogens is 2. The highest BCUT2D eigenvalue weighted by Crippen LogP contribution is 2.37. The van der Waals surface area contributed by atoms with Crippen molar-refractivity contribution in [1.82, 2.24) is 14.3 Å². The van der Waals surface area contributed by atoms with E-state index in [1.165, 1.54) is 16.9 Å². The minimum atomic E-state index is 0.0921. The van der Waals surface area contributed by atoms with Gasteiger partial charge in [-0.2, -0.15) is 5.26 Å². The SMILES string of the molecule is CCc1c(C)c(C#N)c2nc3ccccc3n2c1N1CCN([C@@H](c2ccccc2)c2ccccc2Cl)CC1. The second kappa shape index (κ2) is 10.1. The quantitative estimate of drug-likeness (QED) is 0.256. The highest BCUT2D eigenvalue weighted by molar-refractivity contribution is 6.31. The second-order valence-corrected chi connectivity index (χ2v) is 10.3. The largest absolute Gasteiger partial charge is 0.355 e. The van der Waals surface area contributed by atoms with Gasteiger partial charge >= 0.3 is 0 Å². The van der Waals surface area contributed by atoms with Crippen molar-refractivity contribution in [3.8, 4) is 6.07 Å². The number of anilines is 1. The Hall–Kier alpha value is -3.85. The van der Waals surface area contributed by atoms with E-state index in [1.807, 2.05) is 30.3 Å². The molecular formula is C32H30ClN5. The third kappa shape index (κ3) is 4.01. The van der Waals surface area contributed by atoms with E-state index in [1.54, 1.807) is 0 Å². The number of nitriles is 1. The minimum Gasteiger partial charge on any atom is -0.355 e. The van der Waals surface area contributed by atoms with E-state index in [9.17, 15) is 5.26 Å². The standard InChI is InChI=1S/C32H30ClN5/c1-3-24-22(2)26(21-34)31-35-28-15-9-10-16-29(28)38(31)32(24)37-19-17-36(18-20-37)30(23-11-5-4-6-12-23)25-13-7-8-14-27(25)33/h4-16,30H,3,17-20H2,1-2H3/t30-/m0/s1. The molecule has 6 heteroatoms. The first-order chi connectivity index (χ1) is 18.6. The molecule has 1 saturated heterocycles. The van der Waals surface area contributed by atoms with Gasteiger partial charge < -0.3 is 4.90 Å². The molecule has 3 heterocycles.